The molecule has 1 fully saturated rings. The average Bonchev–Trinajstić information content (AvgIpc) is 3.24. The minimum Gasteiger partial charge on any atom is -0.307 e. The van der Waals surface area contributed by atoms with Gasteiger partial charge in [-0.2, -0.15) is 9.82 Å². The number of rotatable bonds is 6. The molecule has 9 nitrogen and oxygen atoms in total. The van der Waals surface area contributed by atoms with Crippen LogP contribution in [-0.2, 0) is 23.6 Å². The first-order chi connectivity index (χ1) is 15.1. The molecule has 12 heteroatoms. The van der Waals surface area contributed by atoms with Gasteiger partial charge in [0, 0.05) is 18.8 Å². The van der Waals surface area contributed by atoms with Crippen molar-refractivity contribution in [2.45, 2.75) is 49.2 Å². The van der Waals surface area contributed by atoms with E-state index < -0.39 is 27.9 Å². The summed E-state index contributed by atoms with van der Waals surface area (Å²) in [5.74, 6) is 0.0993. The van der Waals surface area contributed by atoms with E-state index in [4.69, 9.17) is 0 Å². The number of fused-ring (bicyclic) bond motifs is 3. The van der Waals surface area contributed by atoms with E-state index in [1.54, 1.807) is 30.2 Å². The Morgan fingerprint density at radius 1 is 1.31 bits per heavy atom. The zero-order valence-electron chi connectivity index (χ0n) is 17.5. The molecule has 1 unspecified atom stereocenters. The Labute approximate surface area is 183 Å². The third-order valence-corrected chi connectivity index (χ3v) is 7.60. The number of hydrogen-bond acceptors (Lipinski definition) is 6. The topological polar surface area (TPSA) is 99.9 Å². The van der Waals surface area contributed by atoms with E-state index >= 15 is 0 Å². The molecule has 0 bridgehead atoms. The first-order valence-corrected chi connectivity index (χ1v) is 11.7. The molecular weight excluding hydrogens is 442 g/mol. The first kappa shape index (κ1) is 21.0. The minimum atomic E-state index is -4.23. The second-order valence-corrected chi connectivity index (χ2v) is 10.2. The lowest BCUT2D eigenvalue weighted by molar-refractivity contribution is 0.0832. The Bertz CT molecular complexity index is 1240. The van der Waals surface area contributed by atoms with Crippen molar-refractivity contribution >= 4 is 27.6 Å². The number of halogens is 2. The van der Waals surface area contributed by atoms with E-state index in [1.807, 2.05) is 11.8 Å². The zero-order chi connectivity index (χ0) is 22.8. The SMILES string of the molecule is CC1CN=C2N(Cc3cnn(C)c3)C(=O)c3cc(S(=O)(=O)NC4(C(F)F)CC4)ccc3N21. The number of aryl methyl sites for hydroxylation is 1. The Morgan fingerprint density at radius 2 is 2.06 bits per heavy atom. The summed E-state index contributed by atoms with van der Waals surface area (Å²) in [6, 6.07) is 4.12. The van der Waals surface area contributed by atoms with Crippen molar-refractivity contribution < 1.29 is 22.0 Å². The molecule has 1 atom stereocenters. The first-order valence-electron chi connectivity index (χ1n) is 10.2. The molecule has 0 saturated heterocycles. The minimum absolute atomic E-state index is 0.0256. The molecule has 170 valence electrons. The predicted octanol–water partition coefficient (Wildman–Crippen LogP) is 1.72. The van der Waals surface area contributed by atoms with Gasteiger partial charge in [-0.3, -0.25) is 19.4 Å². The number of aliphatic imine (C=N–C) groups is 1. The van der Waals surface area contributed by atoms with E-state index in [9.17, 15) is 22.0 Å². The summed E-state index contributed by atoms with van der Waals surface area (Å²) >= 11 is 0. The highest BCUT2D eigenvalue weighted by Gasteiger charge is 2.54. The van der Waals surface area contributed by atoms with Crippen molar-refractivity contribution in [1.29, 1.82) is 0 Å². The lowest BCUT2D eigenvalue weighted by Crippen LogP contribution is -2.52. The Balaban J connectivity index is 1.53. The van der Waals surface area contributed by atoms with E-state index in [0.29, 0.717) is 18.2 Å². The molecule has 2 aliphatic heterocycles. The number of nitrogens with one attached hydrogen (secondary N) is 1. The van der Waals surface area contributed by atoms with Crippen LogP contribution in [0.5, 0.6) is 0 Å². The van der Waals surface area contributed by atoms with Crippen LogP contribution < -0.4 is 9.62 Å². The van der Waals surface area contributed by atoms with Crippen molar-refractivity contribution in [3.8, 4) is 0 Å². The number of anilines is 1. The monoisotopic (exact) mass is 464 g/mol. The molecule has 0 spiro atoms. The molecule has 1 saturated carbocycles. The fraction of sp³-hybridized carbons (Fsp3) is 0.450. The summed E-state index contributed by atoms with van der Waals surface area (Å²) in [5, 5.41) is 4.13. The van der Waals surface area contributed by atoms with Crippen LogP contribution in [0.3, 0.4) is 0 Å². The molecule has 2 aromatic rings. The van der Waals surface area contributed by atoms with Crippen molar-refractivity contribution in [3.63, 3.8) is 0 Å². The highest BCUT2D eigenvalue weighted by Crippen LogP contribution is 2.42. The van der Waals surface area contributed by atoms with Crippen LogP contribution in [0.1, 0.15) is 35.7 Å². The summed E-state index contributed by atoms with van der Waals surface area (Å²) in [7, 11) is -2.46. The van der Waals surface area contributed by atoms with E-state index in [0.717, 1.165) is 5.56 Å². The summed E-state index contributed by atoms with van der Waals surface area (Å²) in [4.78, 5) is 21.1. The van der Waals surface area contributed by atoms with Crippen LogP contribution in [0.25, 0.3) is 0 Å². The van der Waals surface area contributed by atoms with Crippen LogP contribution in [0.2, 0.25) is 0 Å². The molecule has 1 aromatic carbocycles. The van der Waals surface area contributed by atoms with Crippen molar-refractivity contribution in [3.05, 3.63) is 41.7 Å². The third kappa shape index (κ3) is 3.28. The summed E-state index contributed by atoms with van der Waals surface area (Å²) in [5.41, 5.74) is -0.181. The van der Waals surface area contributed by atoms with E-state index in [1.165, 1.54) is 17.0 Å². The van der Waals surface area contributed by atoms with Gasteiger partial charge in [0.25, 0.3) is 12.3 Å². The summed E-state index contributed by atoms with van der Waals surface area (Å²) < 4.78 is 56.0. The molecule has 0 radical (unpaired) electrons. The number of benzene rings is 1. The van der Waals surface area contributed by atoms with Crippen LogP contribution in [0.15, 0.2) is 40.5 Å². The second-order valence-electron chi connectivity index (χ2n) is 8.51. The number of alkyl halides is 2. The average molecular weight is 464 g/mol. The zero-order valence-corrected chi connectivity index (χ0v) is 18.3. The Kier molecular flexibility index (Phi) is 4.64. The number of sulfonamides is 1. The highest BCUT2D eigenvalue weighted by molar-refractivity contribution is 7.89. The second kappa shape index (κ2) is 7.07. The lowest BCUT2D eigenvalue weighted by Gasteiger charge is -2.38. The molecule has 1 aliphatic carbocycles. The maximum absolute atomic E-state index is 13.4. The lowest BCUT2D eigenvalue weighted by atomic mass is 10.1. The standard InChI is InChI=1S/C20H22F2N6O3S/c1-12-8-23-19-27(11-13-9-24-26(2)10-13)17(29)15-7-14(3-4-16(15)28(12)19)32(30,31)25-20(5-6-20)18(21)22/h3-4,7,9-10,12,18,25H,5-6,8,11H2,1-2H3. The number of aromatic nitrogens is 2. The van der Waals surface area contributed by atoms with Crippen molar-refractivity contribution in [1.82, 2.24) is 19.4 Å². The van der Waals surface area contributed by atoms with Gasteiger partial charge in [0.1, 0.15) is 0 Å². The van der Waals surface area contributed by atoms with Crippen LogP contribution in [0, 0.1) is 0 Å². The van der Waals surface area contributed by atoms with Crippen LogP contribution in [-0.4, -0.2) is 59.5 Å². The predicted molar refractivity (Wildman–Crippen MR) is 112 cm³/mol. The summed E-state index contributed by atoms with van der Waals surface area (Å²) in [6.07, 6.45) is 0.804. The van der Waals surface area contributed by atoms with Gasteiger partial charge in [0.2, 0.25) is 16.0 Å². The fourth-order valence-electron chi connectivity index (χ4n) is 4.13. The number of carbonyl (C=O) groups is 1. The van der Waals surface area contributed by atoms with Crippen LogP contribution in [0.4, 0.5) is 14.5 Å². The molecule has 1 amide bonds. The number of amides is 1. The third-order valence-electron chi connectivity index (χ3n) is 6.05. The van der Waals surface area contributed by atoms with Gasteiger partial charge in [-0.1, -0.05) is 0 Å². The molecule has 3 aliphatic rings. The maximum Gasteiger partial charge on any atom is 0.263 e. The number of guanidine groups is 1. The van der Waals surface area contributed by atoms with Gasteiger partial charge in [-0.25, -0.2) is 17.2 Å². The van der Waals surface area contributed by atoms with Gasteiger partial charge in [0.05, 0.1) is 47.0 Å². The van der Waals surface area contributed by atoms with Crippen molar-refractivity contribution in [2.24, 2.45) is 12.0 Å². The van der Waals surface area contributed by atoms with Gasteiger partial charge in [-0.15, -0.1) is 0 Å². The van der Waals surface area contributed by atoms with Gasteiger partial charge in [0.15, 0.2) is 0 Å². The molecule has 5 rings (SSSR count). The normalized spacial score (nSPS) is 21.6. The van der Waals surface area contributed by atoms with Crippen LogP contribution >= 0.6 is 0 Å². The smallest absolute Gasteiger partial charge is 0.263 e. The number of carbonyl (C=O) groups excluding carboxylic acids is 1. The Morgan fingerprint density at radius 3 is 2.69 bits per heavy atom. The fourth-order valence-corrected chi connectivity index (χ4v) is 5.60. The molecular formula is C20H22F2N6O3S. The van der Waals surface area contributed by atoms with E-state index in [2.05, 4.69) is 14.8 Å². The molecule has 1 aromatic heterocycles. The maximum atomic E-state index is 13.4. The molecule has 32 heavy (non-hydrogen) atoms. The summed E-state index contributed by atoms with van der Waals surface area (Å²) in [6.45, 7) is 2.67. The quantitative estimate of drug-likeness (QED) is 0.702. The van der Waals surface area contributed by atoms with E-state index in [-0.39, 0.29) is 35.9 Å². The van der Waals surface area contributed by atoms with Gasteiger partial charge >= 0.3 is 0 Å². The largest absolute Gasteiger partial charge is 0.307 e. The van der Waals surface area contributed by atoms with Gasteiger partial charge < -0.3 is 4.90 Å². The number of nitrogens with zero attached hydrogens (tertiary/aromatic N) is 5. The molecule has 1 N–H and O–H groups in total. The number of hydrogen-bond donors (Lipinski definition) is 1. The highest BCUT2D eigenvalue weighted by atomic mass is 32.2. The van der Waals surface area contributed by atoms with Gasteiger partial charge in [-0.05, 0) is 38.0 Å². The Hall–Kier alpha value is -2.86. The van der Waals surface area contributed by atoms with Crippen molar-refractivity contribution in [2.75, 3.05) is 11.4 Å². The molecule has 3 heterocycles.